The van der Waals surface area contributed by atoms with E-state index in [0.29, 0.717) is 31.2 Å². The Morgan fingerprint density at radius 2 is 2.00 bits per heavy atom. The summed E-state index contributed by atoms with van der Waals surface area (Å²) in [5, 5.41) is 2.98. The van der Waals surface area contributed by atoms with Gasteiger partial charge >= 0.3 is 0 Å². The zero-order chi connectivity index (χ0) is 17.5. The molecule has 1 aliphatic rings. The first kappa shape index (κ1) is 18.3. The van der Waals surface area contributed by atoms with E-state index in [-0.39, 0.29) is 17.7 Å². The molecule has 1 saturated heterocycles. The molecule has 5 nitrogen and oxygen atoms in total. The largest absolute Gasteiger partial charge is 0.494 e. The van der Waals surface area contributed by atoms with E-state index in [2.05, 4.69) is 5.32 Å². The first-order valence-electron chi connectivity index (χ1n) is 8.81. The third kappa shape index (κ3) is 4.98. The molecule has 24 heavy (non-hydrogen) atoms. The minimum Gasteiger partial charge on any atom is -0.494 e. The molecular weight excluding hydrogens is 304 g/mol. The minimum absolute atomic E-state index is 0.00446. The third-order valence-electron chi connectivity index (χ3n) is 4.31. The van der Waals surface area contributed by atoms with Gasteiger partial charge in [-0.15, -0.1) is 0 Å². The van der Waals surface area contributed by atoms with Crippen LogP contribution in [0.15, 0.2) is 24.3 Å². The van der Waals surface area contributed by atoms with E-state index in [1.807, 2.05) is 49.9 Å². The van der Waals surface area contributed by atoms with Crippen LogP contribution in [0.25, 0.3) is 0 Å². The van der Waals surface area contributed by atoms with Gasteiger partial charge in [0, 0.05) is 31.1 Å². The Labute approximate surface area is 144 Å². The molecular formula is C19H28N2O3. The van der Waals surface area contributed by atoms with Crippen LogP contribution in [-0.4, -0.2) is 43.0 Å². The Balaban J connectivity index is 1.91. The Hall–Kier alpha value is -2.04. The molecule has 1 heterocycles. The first-order chi connectivity index (χ1) is 11.5. The number of hydrogen-bond donors (Lipinski definition) is 1. The van der Waals surface area contributed by atoms with Crippen molar-refractivity contribution in [1.29, 1.82) is 0 Å². The summed E-state index contributed by atoms with van der Waals surface area (Å²) in [6.45, 7) is 8.44. The highest BCUT2D eigenvalue weighted by Gasteiger charge is 2.25. The van der Waals surface area contributed by atoms with Crippen LogP contribution in [0, 0.1) is 11.8 Å². The average molecular weight is 332 g/mol. The molecule has 0 radical (unpaired) electrons. The normalized spacial score (nSPS) is 17.7. The van der Waals surface area contributed by atoms with Gasteiger partial charge in [0.25, 0.3) is 5.91 Å². The van der Waals surface area contributed by atoms with Crippen LogP contribution in [0.5, 0.6) is 5.75 Å². The highest BCUT2D eigenvalue weighted by molar-refractivity contribution is 5.94. The van der Waals surface area contributed by atoms with Crippen LogP contribution < -0.4 is 10.1 Å². The van der Waals surface area contributed by atoms with Crippen LogP contribution in [0.3, 0.4) is 0 Å². The number of carbonyl (C=O) groups excluding carboxylic acids is 2. The van der Waals surface area contributed by atoms with Crippen LogP contribution in [0.4, 0.5) is 0 Å². The molecule has 0 bridgehead atoms. The smallest absolute Gasteiger partial charge is 0.253 e. The summed E-state index contributed by atoms with van der Waals surface area (Å²) in [6.07, 6.45) is 2.02. The summed E-state index contributed by atoms with van der Waals surface area (Å²) in [6, 6.07) is 7.30. The van der Waals surface area contributed by atoms with Gasteiger partial charge in [-0.25, -0.2) is 0 Å². The van der Waals surface area contributed by atoms with Gasteiger partial charge < -0.3 is 15.0 Å². The van der Waals surface area contributed by atoms with Crippen LogP contribution >= 0.6 is 0 Å². The molecule has 1 aliphatic heterocycles. The highest BCUT2D eigenvalue weighted by atomic mass is 16.5. The number of amides is 2. The van der Waals surface area contributed by atoms with Crippen LogP contribution in [0.2, 0.25) is 0 Å². The van der Waals surface area contributed by atoms with Gasteiger partial charge in [0.2, 0.25) is 5.91 Å². The van der Waals surface area contributed by atoms with Gasteiger partial charge in [-0.1, -0.05) is 13.8 Å². The fourth-order valence-corrected chi connectivity index (χ4v) is 2.91. The Morgan fingerprint density at radius 1 is 1.29 bits per heavy atom. The Morgan fingerprint density at radius 3 is 2.62 bits per heavy atom. The number of piperidine rings is 1. The summed E-state index contributed by atoms with van der Waals surface area (Å²) in [5.41, 5.74) is 0.685. The van der Waals surface area contributed by atoms with Crippen molar-refractivity contribution in [2.75, 3.05) is 26.2 Å². The summed E-state index contributed by atoms with van der Waals surface area (Å²) in [4.78, 5) is 26.3. The van der Waals surface area contributed by atoms with Crippen LogP contribution in [-0.2, 0) is 4.79 Å². The molecule has 0 saturated carbocycles. The van der Waals surface area contributed by atoms with Gasteiger partial charge in [0.05, 0.1) is 6.61 Å². The minimum atomic E-state index is -0.00446. The molecule has 1 aromatic rings. The number of benzene rings is 1. The SMILES string of the molecule is CCOc1ccc(C(=O)N2CCCC(CNC(=O)C(C)C)C2)cc1. The molecule has 2 rings (SSSR count). The first-order valence-corrected chi connectivity index (χ1v) is 8.81. The quantitative estimate of drug-likeness (QED) is 0.871. The second-order valence-electron chi connectivity index (χ2n) is 6.62. The number of ether oxygens (including phenoxy) is 1. The van der Waals surface area contributed by atoms with Crippen molar-refractivity contribution < 1.29 is 14.3 Å². The predicted octanol–water partition coefficient (Wildman–Crippen LogP) is 2.71. The van der Waals surface area contributed by atoms with Gasteiger partial charge in [-0.05, 0) is 49.9 Å². The molecule has 1 unspecified atom stereocenters. The molecule has 1 atom stereocenters. The maximum Gasteiger partial charge on any atom is 0.253 e. The monoisotopic (exact) mass is 332 g/mol. The number of hydrogen-bond acceptors (Lipinski definition) is 3. The summed E-state index contributed by atoms with van der Waals surface area (Å²) >= 11 is 0. The standard InChI is InChI=1S/C19H28N2O3/c1-4-24-17-9-7-16(8-10-17)19(23)21-11-5-6-15(13-21)12-20-18(22)14(2)3/h7-10,14-15H,4-6,11-13H2,1-3H3,(H,20,22). The lowest BCUT2D eigenvalue weighted by Crippen LogP contribution is -2.44. The second-order valence-corrected chi connectivity index (χ2v) is 6.62. The van der Waals surface area contributed by atoms with Crippen molar-refractivity contribution in [3.8, 4) is 5.75 Å². The molecule has 1 fully saturated rings. The van der Waals surface area contributed by atoms with Crippen LogP contribution in [0.1, 0.15) is 44.0 Å². The number of nitrogens with one attached hydrogen (secondary N) is 1. The van der Waals surface area contributed by atoms with E-state index >= 15 is 0 Å². The van der Waals surface area contributed by atoms with E-state index in [1.165, 1.54) is 0 Å². The number of carbonyl (C=O) groups is 2. The van der Waals surface area contributed by atoms with Gasteiger partial charge in [-0.3, -0.25) is 9.59 Å². The molecule has 5 heteroatoms. The fraction of sp³-hybridized carbons (Fsp3) is 0.579. The Kier molecular flexibility index (Phi) is 6.64. The lowest BCUT2D eigenvalue weighted by atomic mass is 9.97. The zero-order valence-electron chi connectivity index (χ0n) is 14.9. The fourth-order valence-electron chi connectivity index (χ4n) is 2.91. The molecule has 0 aromatic heterocycles. The topological polar surface area (TPSA) is 58.6 Å². The van der Waals surface area contributed by atoms with Crippen molar-refractivity contribution >= 4 is 11.8 Å². The zero-order valence-corrected chi connectivity index (χ0v) is 14.9. The van der Waals surface area contributed by atoms with Gasteiger partial charge in [-0.2, -0.15) is 0 Å². The average Bonchev–Trinajstić information content (AvgIpc) is 2.60. The molecule has 0 spiro atoms. The summed E-state index contributed by atoms with van der Waals surface area (Å²) in [5.74, 6) is 1.23. The number of likely N-dealkylation sites (tertiary alicyclic amines) is 1. The second kappa shape index (κ2) is 8.71. The third-order valence-corrected chi connectivity index (χ3v) is 4.31. The maximum atomic E-state index is 12.7. The van der Waals surface area contributed by atoms with Gasteiger partial charge in [0.15, 0.2) is 0 Å². The van der Waals surface area contributed by atoms with Crippen molar-refractivity contribution in [1.82, 2.24) is 10.2 Å². The van der Waals surface area contributed by atoms with E-state index in [9.17, 15) is 9.59 Å². The van der Waals surface area contributed by atoms with E-state index in [4.69, 9.17) is 4.74 Å². The number of rotatable bonds is 6. The van der Waals surface area contributed by atoms with Crippen molar-refractivity contribution in [2.45, 2.75) is 33.6 Å². The molecule has 1 N–H and O–H groups in total. The van der Waals surface area contributed by atoms with E-state index in [1.54, 1.807) is 0 Å². The Bertz CT molecular complexity index is 554. The van der Waals surface area contributed by atoms with Gasteiger partial charge in [0.1, 0.15) is 5.75 Å². The maximum absolute atomic E-state index is 12.7. The highest BCUT2D eigenvalue weighted by Crippen LogP contribution is 2.20. The van der Waals surface area contributed by atoms with Crippen molar-refractivity contribution in [3.63, 3.8) is 0 Å². The lowest BCUT2D eigenvalue weighted by molar-refractivity contribution is -0.124. The summed E-state index contributed by atoms with van der Waals surface area (Å²) in [7, 11) is 0. The van der Waals surface area contributed by atoms with Crippen molar-refractivity contribution in [2.24, 2.45) is 11.8 Å². The van der Waals surface area contributed by atoms with E-state index < -0.39 is 0 Å². The summed E-state index contributed by atoms with van der Waals surface area (Å²) < 4.78 is 5.41. The van der Waals surface area contributed by atoms with E-state index in [0.717, 1.165) is 25.1 Å². The molecule has 1 aromatic carbocycles. The molecule has 2 amide bonds. The lowest BCUT2D eigenvalue weighted by Gasteiger charge is -2.33. The predicted molar refractivity (Wildman–Crippen MR) is 94.1 cm³/mol. The van der Waals surface area contributed by atoms with Crippen molar-refractivity contribution in [3.05, 3.63) is 29.8 Å². The molecule has 0 aliphatic carbocycles. The molecule has 132 valence electrons. The number of nitrogens with zero attached hydrogens (tertiary/aromatic N) is 1.